The first-order valence-corrected chi connectivity index (χ1v) is 13.4. The number of hydrogen-bond acceptors (Lipinski definition) is 4. The van der Waals surface area contributed by atoms with E-state index < -0.39 is 0 Å². The molecular weight excluding hydrogens is 400 g/mol. The summed E-state index contributed by atoms with van der Waals surface area (Å²) in [7, 11) is 1.48. The van der Waals surface area contributed by atoms with Crippen LogP contribution >= 0.6 is 0 Å². The highest BCUT2D eigenvalue weighted by atomic mass is 16.6. The van der Waals surface area contributed by atoms with Crippen LogP contribution in [0.15, 0.2) is 12.2 Å². The summed E-state index contributed by atoms with van der Waals surface area (Å²) in [6, 6.07) is 0. The summed E-state index contributed by atoms with van der Waals surface area (Å²) in [5, 5.41) is 0. The molecule has 0 heterocycles. The highest BCUT2D eigenvalue weighted by Crippen LogP contribution is 2.77. The van der Waals surface area contributed by atoms with E-state index >= 15 is 0 Å². The van der Waals surface area contributed by atoms with Gasteiger partial charge in [0, 0.05) is 11.0 Å². The molecule has 8 aliphatic carbocycles. The first-order valence-electron chi connectivity index (χ1n) is 13.4. The molecule has 8 rings (SSSR count). The van der Waals surface area contributed by atoms with Crippen molar-refractivity contribution in [2.75, 3.05) is 7.11 Å². The molecule has 0 spiro atoms. The Labute approximate surface area is 191 Å². The number of methoxy groups -OCH3 is 1. The van der Waals surface area contributed by atoms with Crippen molar-refractivity contribution in [2.45, 2.75) is 76.7 Å². The zero-order valence-electron chi connectivity index (χ0n) is 19.7. The average molecular weight is 439 g/mol. The SMILES string of the molecule is C=C(C(=O)OC)C12C3CCC(C3)C1C1CC2CC1C(=O)OC1(C)C2CC3CC(C2)CC1C3. The van der Waals surface area contributed by atoms with Crippen molar-refractivity contribution in [3.8, 4) is 0 Å². The van der Waals surface area contributed by atoms with Gasteiger partial charge in [-0.25, -0.2) is 4.79 Å². The minimum Gasteiger partial charge on any atom is -0.466 e. The van der Waals surface area contributed by atoms with Gasteiger partial charge in [-0.15, -0.1) is 0 Å². The molecule has 0 aliphatic heterocycles. The Hall–Kier alpha value is -1.32. The van der Waals surface area contributed by atoms with E-state index in [0.717, 1.165) is 24.7 Å². The summed E-state index contributed by atoms with van der Waals surface area (Å²) in [4.78, 5) is 26.4. The minimum absolute atomic E-state index is 0.0249. The Balaban J connectivity index is 1.15. The number of carbonyl (C=O) groups is 2. The molecule has 7 unspecified atom stereocenters. The third-order valence-corrected chi connectivity index (χ3v) is 12.3. The van der Waals surface area contributed by atoms with Crippen molar-refractivity contribution in [2.24, 2.45) is 64.6 Å². The fourth-order valence-corrected chi connectivity index (χ4v) is 11.4. The molecular formula is C28H38O4. The number of esters is 2. The molecule has 7 atom stereocenters. The average Bonchev–Trinajstić information content (AvgIpc) is 3.54. The number of carbonyl (C=O) groups excluding carboxylic acids is 2. The van der Waals surface area contributed by atoms with Crippen molar-refractivity contribution in [3.63, 3.8) is 0 Å². The van der Waals surface area contributed by atoms with Gasteiger partial charge in [0.25, 0.3) is 0 Å². The van der Waals surface area contributed by atoms with Crippen molar-refractivity contribution in [1.29, 1.82) is 0 Å². The predicted octanol–water partition coefficient (Wildman–Crippen LogP) is 5.16. The Morgan fingerprint density at radius 3 is 2.19 bits per heavy atom. The van der Waals surface area contributed by atoms with E-state index in [1.54, 1.807) is 0 Å². The van der Waals surface area contributed by atoms with Crippen molar-refractivity contribution in [3.05, 3.63) is 12.2 Å². The van der Waals surface area contributed by atoms with Crippen molar-refractivity contribution < 1.29 is 19.1 Å². The Kier molecular flexibility index (Phi) is 4.03. The standard InChI is InChI=1S/C28H38O4/c1-14(25(29)31-3)28-18-5-4-17(11-18)24(28)22-12-21(28)13-23(22)26(30)32-27(2)19-7-15-6-16(9-19)10-20(27)8-15/h15-24H,1,4-13H2,2-3H3. The van der Waals surface area contributed by atoms with Gasteiger partial charge < -0.3 is 9.47 Å². The number of rotatable bonds is 4. The van der Waals surface area contributed by atoms with Gasteiger partial charge in [-0.2, -0.15) is 0 Å². The highest BCUT2D eigenvalue weighted by molar-refractivity contribution is 5.90. The first kappa shape index (κ1) is 20.1. The third kappa shape index (κ3) is 2.26. The van der Waals surface area contributed by atoms with E-state index in [4.69, 9.17) is 9.47 Å². The zero-order valence-corrected chi connectivity index (χ0v) is 19.7. The van der Waals surface area contributed by atoms with Crippen LogP contribution in [0.1, 0.15) is 71.1 Å². The summed E-state index contributed by atoms with van der Waals surface area (Å²) in [6.07, 6.45) is 12.1. The summed E-state index contributed by atoms with van der Waals surface area (Å²) in [5.74, 6) is 5.17. The smallest absolute Gasteiger partial charge is 0.333 e. The lowest BCUT2D eigenvalue weighted by molar-refractivity contribution is -0.209. The van der Waals surface area contributed by atoms with Crippen molar-refractivity contribution in [1.82, 2.24) is 0 Å². The van der Waals surface area contributed by atoms with Crippen LogP contribution in [0.25, 0.3) is 0 Å². The van der Waals surface area contributed by atoms with Gasteiger partial charge in [0.1, 0.15) is 5.60 Å². The van der Waals surface area contributed by atoms with Crippen LogP contribution in [0.4, 0.5) is 0 Å². The van der Waals surface area contributed by atoms with E-state index in [1.165, 1.54) is 58.5 Å². The molecule has 4 heteroatoms. The normalized spacial score (nSPS) is 55.8. The molecule has 0 radical (unpaired) electrons. The predicted molar refractivity (Wildman–Crippen MR) is 119 cm³/mol. The molecule has 8 fully saturated rings. The van der Waals surface area contributed by atoms with Gasteiger partial charge in [0.15, 0.2) is 0 Å². The molecule has 8 bridgehead atoms. The van der Waals surface area contributed by atoms with E-state index in [1.807, 2.05) is 0 Å². The molecule has 0 aromatic rings. The second-order valence-electron chi connectivity index (χ2n) is 13.0. The quantitative estimate of drug-likeness (QED) is 0.346. The monoisotopic (exact) mass is 438 g/mol. The Morgan fingerprint density at radius 2 is 1.53 bits per heavy atom. The Bertz CT molecular complexity index is 862. The molecule has 0 saturated heterocycles. The fourth-order valence-electron chi connectivity index (χ4n) is 11.4. The number of ether oxygens (including phenoxy) is 2. The topological polar surface area (TPSA) is 52.6 Å². The largest absolute Gasteiger partial charge is 0.466 e. The molecule has 4 nitrogen and oxygen atoms in total. The lowest BCUT2D eigenvalue weighted by Crippen LogP contribution is -2.58. The number of fused-ring (bicyclic) bond motifs is 9. The third-order valence-electron chi connectivity index (χ3n) is 12.3. The van der Waals surface area contributed by atoms with Gasteiger partial charge in [-0.3, -0.25) is 4.79 Å². The first-order chi connectivity index (χ1) is 15.4. The second kappa shape index (κ2) is 6.42. The molecule has 0 aromatic heterocycles. The van der Waals surface area contributed by atoms with E-state index in [0.29, 0.717) is 47.0 Å². The summed E-state index contributed by atoms with van der Waals surface area (Å²) in [6.45, 7) is 6.58. The van der Waals surface area contributed by atoms with Gasteiger partial charge in [0.2, 0.25) is 0 Å². The van der Waals surface area contributed by atoms with Crippen LogP contribution in [0.3, 0.4) is 0 Å². The Morgan fingerprint density at radius 1 is 0.844 bits per heavy atom. The summed E-state index contributed by atoms with van der Waals surface area (Å²) < 4.78 is 11.7. The van der Waals surface area contributed by atoms with Crippen LogP contribution < -0.4 is 0 Å². The lowest BCUT2D eigenvalue weighted by Gasteiger charge is -2.59. The van der Waals surface area contributed by atoms with Crippen molar-refractivity contribution >= 4 is 11.9 Å². The minimum atomic E-state index is -0.242. The van der Waals surface area contributed by atoms with Crippen LogP contribution in [-0.2, 0) is 19.1 Å². The summed E-state index contributed by atoms with van der Waals surface area (Å²) in [5.41, 5.74) is 0.363. The lowest BCUT2D eigenvalue weighted by atomic mass is 9.50. The highest BCUT2D eigenvalue weighted by Gasteiger charge is 2.73. The zero-order chi connectivity index (χ0) is 22.0. The van der Waals surface area contributed by atoms with Gasteiger partial charge in [-0.05, 0) is 124 Å². The van der Waals surface area contributed by atoms with Crippen LogP contribution in [-0.4, -0.2) is 24.6 Å². The van der Waals surface area contributed by atoms with Gasteiger partial charge in [0.05, 0.1) is 13.0 Å². The fraction of sp³-hybridized carbons (Fsp3) is 0.857. The summed E-state index contributed by atoms with van der Waals surface area (Å²) >= 11 is 0. The molecule has 0 amide bonds. The van der Waals surface area contributed by atoms with Gasteiger partial charge in [-0.1, -0.05) is 6.58 Å². The van der Waals surface area contributed by atoms with E-state index in [-0.39, 0.29) is 28.9 Å². The van der Waals surface area contributed by atoms with E-state index in [9.17, 15) is 9.59 Å². The maximum Gasteiger partial charge on any atom is 0.333 e. The molecule has 0 N–H and O–H groups in total. The maximum absolute atomic E-state index is 13.8. The maximum atomic E-state index is 13.8. The van der Waals surface area contributed by atoms with Crippen LogP contribution in [0.5, 0.6) is 0 Å². The molecule has 0 aromatic carbocycles. The molecule has 32 heavy (non-hydrogen) atoms. The van der Waals surface area contributed by atoms with Crippen LogP contribution in [0, 0.1) is 64.6 Å². The molecule has 8 saturated carbocycles. The number of hydrogen-bond donors (Lipinski definition) is 0. The van der Waals surface area contributed by atoms with Crippen LogP contribution in [0.2, 0.25) is 0 Å². The molecule has 174 valence electrons. The van der Waals surface area contributed by atoms with E-state index in [2.05, 4.69) is 13.5 Å². The second-order valence-corrected chi connectivity index (χ2v) is 13.0. The van der Waals surface area contributed by atoms with Gasteiger partial charge >= 0.3 is 11.9 Å². The molecule has 8 aliphatic rings.